The van der Waals surface area contributed by atoms with Crippen molar-refractivity contribution in [3.05, 3.63) is 23.9 Å². The molecule has 1 aromatic rings. The molecule has 0 radical (unpaired) electrons. The van der Waals surface area contributed by atoms with E-state index < -0.39 is 0 Å². The first-order valence-electron chi connectivity index (χ1n) is 7.51. The Morgan fingerprint density at radius 2 is 2.25 bits per heavy atom. The van der Waals surface area contributed by atoms with Crippen LogP contribution in [0.15, 0.2) is 18.3 Å². The Morgan fingerprint density at radius 1 is 1.45 bits per heavy atom. The van der Waals surface area contributed by atoms with Gasteiger partial charge in [-0.15, -0.1) is 0 Å². The molecule has 0 aliphatic carbocycles. The second-order valence-corrected chi connectivity index (χ2v) is 6.24. The Hall–Kier alpha value is -1.13. The van der Waals surface area contributed by atoms with Crippen LogP contribution in [0.25, 0.3) is 0 Å². The molecule has 2 rings (SSSR count). The lowest BCUT2D eigenvalue weighted by Gasteiger charge is -2.40. The van der Waals surface area contributed by atoms with E-state index in [1.54, 1.807) is 7.11 Å². The highest BCUT2D eigenvalue weighted by atomic mass is 16.5. The van der Waals surface area contributed by atoms with Gasteiger partial charge in [0.15, 0.2) is 0 Å². The van der Waals surface area contributed by atoms with Crippen molar-refractivity contribution in [3.8, 4) is 0 Å². The van der Waals surface area contributed by atoms with E-state index in [4.69, 9.17) is 4.74 Å². The number of nitrogens with one attached hydrogen (secondary N) is 1. The van der Waals surface area contributed by atoms with E-state index in [1.165, 1.54) is 5.56 Å². The normalized spacial score (nSPS) is 23.4. The fourth-order valence-electron chi connectivity index (χ4n) is 2.60. The maximum absolute atomic E-state index is 5.64. The van der Waals surface area contributed by atoms with Gasteiger partial charge in [0.2, 0.25) is 0 Å². The SMILES string of the molecule is COC1(C)CCCN(c2ccc(CNC(C)C)cn2)C1. The maximum atomic E-state index is 5.64. The molecule has 4 heteroatoms. The Bertz CT molecular complexity index is 418. The first-order valence-corrected chi connectivity index (χ1v) is 7.51. The summed E-state index contributed by atoms with van der Waals surface area (Å²) in [5.74, 6) is 1.06. The van der Waals surface area contributed by atoms with Crippen molar-refractivity contribution in [1.29, 1.82) is 0 Å². The number of hydrogen-bond acceptors (Lipinski definition) is 4. The van der Waals surface area contributed by atoms with Gasteiger partial charge in [-0.25, -0.2) is 4.98 Å². The molecule has 20 heavy (non-hydrogen) atoms. The van der Waals surface area contributed by atoms with Crippen molar-refractivity contribution in [2.75, 3.05) is 25.1 Å². The molecule has 1 saturated heterocycles. The molecular formula is C16H27N3O. The minimum Gasteiger partial charge on any atom is -0.377 e. The molecular weight excluding hydrogens is 250 g/mol. The van der Waals surface area contributed by atoms with E-state index in [-0.39, 0.29) is 5.60 Å². The van der Waals surface area contributed by atoms with E-state index in [0.717, 1.165) is 38.3 Å². The standard InChI is InChI=1S/C16H27N3O/c1-13(2)17-10-14-6-7-15(18-11-14)19-9-5-8-16(3,12-19)20-4/h6-7,11,13,17H,5,8-10,12H2,1-4H3. The number of methoxy groups -OCH3 is 1. The van der Waals surface area contributed by atoms with Gasteiger partial charge in [0.05, 0.1) is 5.60 Å². The second kappa shape index (κ2) is 6.55. The van der Waals surface area contributed by atoms with Crippen molar-refractivity contribution in [3.63, 3.8) is 0 Å². The van der Waals surface area contributed by atoms with Gasteiger partial charge in [-0.05, 0) is 31.4 Å². The first kappa shape index (κ1) is 15.3. The predicted octanol–water partition coefficient (Wildman–Crippen LogP) is 2.58. The summed E-state index contributed by atoms with van der Waals surface area (Å²) in [5, 5.41) is 3.41. The minimum atomic E-state index is -0.0438. The topological polar surface area (TPSA) is 37.4 Å². The quantitative estimate of drug-likeness (QED) is 0.897. The third-order valence-corrected chi connectivity index (χ3v) is 4.00. The molecule has 112 valence electrons. The van der Waals surface area contributed by atoms with E-state index in [9.17, 15) is 0 Å². The maximum Gasteiger partial charge on any atom is 0.128 e. The van der Waals surface area contributed by atoms with Gasteiger partial charge >= 0.3 is 0 Å². The summed E-state index contributed by atoms with van der Waals surface area (Å²) < 4.78 is 5.64. The summed E-state index contributed by atoms with van der Waals surface area (Å²) in [6, 6.07) is 4.79. The molecule has 1 aromatic heterocycles. The van der Waals surface area contributed by atoms with Crippen LogP contribution in [0.2, 0.25) is 0 Å². The highest BCUT2D eigenvalue weighted by molar-refractivity contribution is 5.40. The summed E-state index contributed by atoms with van der Waals surface area (Å²) in [7, 11) is 1.80. The number of pyridine rings is 1. The third kappa shape index (κ3) is 3.93. The predicted molar refractivity (Wildman–Crippen MR) is 83.1 cm³/mol. The molecule has 1 atom stereocenters. The number of nitrogens with zero attached hydrogens (tertiary/aromatic N) is 2. The van der Waals surface area contributed by atoms with Crippen LogP contribution in [0.1, 0.15) is 39.2 Å². The van der Waals surface area contributed by atoms with E-state index in [0.29, 0.717) is 6.04 Å². The molecule has 0 amide bonds. The fraction of sp³-hybridized carbons (Fsp3) is 0.688. The first-order chi connectivity index (χ1) is 9.52. The Morgan fingerprint density at radius 3 is 2.85 bits per heavy atom. The van der Waals surface area contributed by atoms with Crippen LogP contribution in [0.3, 0.4) is 0 Å². The summed E-state index contributed by atoms with van der Waals surface area (Å²) in [6.07, 6.45) is 4.25. The van der Waals surface area contributed by atoms with Gasteiger partial charge in [0.1, 0.15) is 5.82 Å². The summed E-state index contributed by atoms with van der Waals surface area (Å²) in [6.45, 7) is 9.35. The van der Waals surface area contributed by atoms with Crippen LogP contribution >= 0.6 is 0 Å². The lowest BCUT2D eigenvalue weighted by Crippen LogP contribution is -2.47. The van der Waals surface area contributed by atoms with Crippen molar-refractivity contribution >= 4 is 5.82 Å². The van der Waals surface area contributed by atoms with Crippen LogP contribution < -0.4 is 10.2 Å². The van der Waals surface area contributed by atoms with Crippen molar-refractivity contribution in [1.82, 2.24) is 10.3 Å². The van der Waals surface area contributed by atoms with Gasteiger partial charge in [-0.1, -0.05) is 19.9 Å². The van der Waals surface area contributed by atoms with Crippen LogP contribution in [-0.4, -0.2) is 36.8 Å². The van der Waals surface area contributed by atoms with Crippen molar-refractivity contribution in [2.24, 2.45) is 0 Å². The number of rotatable bonds is 5. The van der Waals surface area contributed by atoms with Gasteiger partial charge in [0.25, 0.3) is 0 Å². The largest absolute Gasteiger partial charge is 0.377 e. The molecule has 1 fully saturated rings. The lowest BCUT2D eigenvalue weighted by atomic mass is 9.95. The number of aromatic nitrogens is 1. The minimum absolute atomic E-state index is 0.0438. The molecule has 1 aliphatic rings. The average Bonchev–Trinajstić information content (AvgIpc) is 2.46. The highest BCUT2D eigenvalue weighted by Gasteiger charge is 2.31. The molecule has 1 N–H and O–H groups in total. The van der Waals surface area contributed by atoms with Crippen LogP contribution in [0.4, 0.5) is 5.82 Å². The zero-order valence-corrected chi connectivity index (χ0v) is 13.1. The number of hydrogen-bond donors (Lipinski definition) is 1. The van der Waals surface area contributed by atoms with Crippen LogP contribution in [0.5, 0.6) is 0 Å². The fourth-order valence-corrected chi connectivity index (χ4v) is 2.60. The Balaban J connectivity index is 1.99. The summed E-state index contributed by atoms with van der Waals surface area (Å²) >= 11 is 0. The van der Waals surface area contributed by atoms with E-state index in [2.05, 4.69) is 48.1 Å². The summed E-state index contributed by atoms with van der Waals surface area (Å²) in [5.41, 5.74) is 1.19. The molecule has 2 heterocycles. The van der Waals surface area contributed by atoms with Crippen molar-refractivity contribution in [2.45, 2.75) is 51.8 Å². The average molecular weight is 277 g/mol. The van der Waals surface area contributed by atoms with Gasteiger partial charge in [0, 0.05) is 39.0 Å². The molecule has 1 unspecified atom stereocenters. The lowest BCUT2D eigenvalue weighted by molar-refractivity contribution is -0.00481. The van der Waals surface area contributed by atoms with Crippen LogP contribution in [-0.2, 0) is 11.3 Å². The van der Waals surface area contributed by atoms with E-state index in [1.807, 2.05) is 6.20 Å². The molecule has 0 spiro atoms. The Kier molecular flexibility index (Phi) is 5.00. The van der Waals surface area contributed by atoms with E-state index >= 15 is 0 Å². The zero-order chi connectivity index (χ0) is 14.6. The molecule has 4 nitrogen and oxygen atoms in total. The Labute approximate surface area is 122 Å². The highest BCUT2D eigenvalue weighted by Crippen LogP contribution is 2.26. The number of anilines is 1. The van der Waals surface area contributed by atoms with Gasteiger partial charge < -0.3 is 15.0 Å². The second-order valence-electron chi connectivity index (χ2n) is 6.24. The van der Waals surface area contributed by atoms with Gasteiger partial charge in [-0.3, -0.25) is 0 Å². The zero-order valence-electron chi connectivity index (χ0n) is 13.1. The molecule has 1 aliphatic heterocycles. The van der Waals surface area contributed by atoms with Crippen molar-refractivity contribution < 1.29 is 4.74 Å². The van der Waals surface area contributed by atoms with Gasteiger partial charge in [-0.2, -0.15) is 0 Å². The molecule has 0 saturated carbocycles. The summed E-state index contributed by atoms with van der Waals surface area (Å²) in [4.78, 5) is 6.94. The smallest absolute Gasteiger partial charge is 0.128 e. The molecule has 0 bridgehead atoms. The number of ether oxygens (including phenoxy) is 1. The third-order valence-electron chi connectivity index (χ3n) is 4.00. The molecule has 0 aromatic carbocycles. The monoisotopic (exact) mass is 277 g/mol. The van der Waals surface area contributed by atoms with Crippen LogP contribution in [0, 0.1) is 0 Å². The number of piperidine rings is 1.